The lowest BCUT2D eigenvalue weighted by Crippen LogP contribution is -2.32. The van der Waals surface area contributed by atoms with Gasteiger partial charge in [-0.15, -0.1) is 10.2 Å². The standard InChI is InChI=1S/C25H32N6O/c1-18(2)32-22-13-11-21(12-14-22)28-25(26-16-20-9-5-4-8-19(20)3)27-17-24-30-29-23-10-6-7-15-31(23)24/h4-5,8-9,11-14,18H,6-7,10,15-17H2,1-3H3,(H2,26,27,28). The number of benzene rings is 2. The number of aliphatic imine (C=N–C) groups is 1. The van der Waals surface area contributed by atoms with Crippen LogP contribution < -0.4 is 15.4 Å². The van der Waals surface area contributed by atoms with Gasteiger partial charge < -0.3 is 19.9 Å². The first-order chi connectivity index (χ1) is 15.6. The van der Waals surface area contributed by atoms with Crippen LogP contribution in [0.5, 0.6) is 5.75 Å². The number of nitrogens with one attached hydrogen (secondary N) is 2. The Labute approximate surface area is 189 Å². The Kier molecular flexibility index (Phi) is 7.04. The third-order valence-corrected chi connectivity index (χ3v) is 5.51. The topological polar surface area (TPSA) is 76.4 Å². The highest BCUT2D eigenvalue weighted by molar-refractivity contribution is 5.93. The van der Waals surface area contributed by atoms with E-state index in [0.717, 1.165) is 36.1 Å². The molecule has 2 N–H and O–H groups in total. The lowest BCUT2D eigenvalue weighted by atomic mass is 10.1. The summed E-state index contributed by atoms with van der Waals surface area (Å²) in [5.41, 5.74) is 3.38. The van der Waals surface area contributed by atoms with Gasteiger partial charge in [0.2, 0.25) is 0 Å². The Hall–Kier alpha value is -3.35. The molecule has 0 amide bonds. The van der Waals surface area contributed by atoms with Gasteiger partial charge in [0, 0.05) is 18.7 Å². The molecule has 0 fully saturated rings. The molecular formula is C25H32N6O. The molecule has 0 saturated heterocycles. The summed E-state index contributed by atoms with van der Waals surface area (Å²) in [7, 11) is 0. The Balaban J connectivity index is 1.49. The molecule has 32 heavy (non-hydrogen) atoms. The number of anilines is 1. The lowest BCUT2D eigenvalue weighted by Gasteiger charge is -2.17. The zero-order valence-corrected chi connectivity index (χ0v) is 19.1. The van der Waals surface area contributed by atoms with Gasteiger partial charge in [0.15, 0.2) is 11.8 Å². The summed E-state index contributed by atoms with van der Waals surface area (Å²) in [5, 5.41) is 15.6. The number of ether oxygens (including phenoxy) is 1. The molecule has 0 atom stereocenters. The molecule has 0 radical (unpaired) electrons. The Morgan fingerprint density at radius 3 is 2.69 bits per heavy atom. The maximum atomic E-state index is 5.75. The molecule has 0 saturated carbocycles. The first kappa shape index (κ1) is 21.9. The summed E-state index contributed by atoms with van der Waals surface area (Å²) in [6, 6.07) is 16.3. The molecule has 2 heterocycles. The highest BCUT2D eigenvalue weighted by atomic mass is 16.5. The maximum absolute atomic E-state index is 5.75. The van der Waals surface area contributed by atoms with E-state index in [0.29, 0.717) is 19.0 Å². The normalized spacial score (nSPS) is 13.7. The van der Waals surface area contributed by atoms with Crippen molar-refractivity contribution in [1.82, 2.24) is 20.1 Å². The molecular weight excluding hydrogens is 400 g/mol. The van der Waals surface area contributed by atoms with Crippen molar-refractivity contribution in [3.8, 4) is 5.75 Å². The van der Waals surface area contributed by atoms with Gasteiger partial charge in [0.25, 0.3) is 0 Å². The third kappa shape index (κ3) is 5.66. The minimum Gasteiger partial charge on any atom is -0.491 e. The summed E-state index contributed by atoms with van der Waals surface area (Å²) in [5.74, 6) is 3.59. The molecule has 168 valence electrons. The summed E-state index contributed by atoms with van der Waals surface area (Å²) in [6.07, 6.45) is 3.52. The van der Waals surface area contributed by atoms with Gasteiger partial charge in [0.05, 0.1) is 19.2 Å². The number of aromatic nitrogens is 3. The van der Waals surface area contributed by atoms with Crippen LogP contribution in [0.1, 0.15) is 49.5 Å². The molecule has 0 aliphatic carbocycles. The van der Waals surface area contributed by atoms with Crippen LogP contribution in [0.3, 0.4) is 0 Å². The summed E-state index contributed by atoms with van der Waals surface area (Å²) in [6.45, 7) is 8.31. The quantitative estimate of drug-likeness (QED) is 0.426. The van der Waals surface area contributed by atoms with E-state index in [1.54, 1.807) is 0 Å². The molecule has 7 heteroatoms. The first-order valence-corrected chi connectivity index (χ1v) is 11.4. The van der Waals surface area contributed by atoms with Crippen molar-refractivity contribution >= 4 is 11.6 Å². The number of guanidine groups is 1. The van der Waals surface area contributed by atoms with Gasteiger partial charge in [-0.05, 0) is 69.0 Å². The van der Waals surface area contributed by atoms with Gasteiger partial charge in [0.1, 0.15) is 11.6 Å². The fourth-order valence-electron chi connectivity index (χ4n) is 3.78. The second-order valence-corrected chi connectivity index (χ2v) is 8.40. The number of hydrogen-bond acceptors (Lipinski definition) is 4. The van der Waals surface area contributed by atoms with Crippen molar-refractivity contribution in [3.05, 3.63) is 71.3 Å². The van der Waals surface area contributed by atoms with Gasteiger partial charge in [-0.3, -0.25) is 0 Å². The average molecular weight is 433 g/mol. The number of hydrogen-bond donors (Lipinski definition) is 2. The highest BCUT2D eigenvalue weighted by Crippen LogP contribution is 2.18. The smallest absolute Gasteiger partial charge is 0.196 e. The number of aryl methyl sites for hydroxylation is 2. The highest BCUT2D eigenvalue weighted by Gasteiger charge is 2.16. The van der Waals surface area contributed by atoms with Gasteiger partial charge in [-0.2, -0.15) is 0 Å². The summed E-state index contributed by atoms with van der Waals surface area (Å²) >= 11 is 0. The minimum atomic E-state index is 0.149. The Morgan fingerprint density at radius 1 is 1.09 bits per heavy atom. The van der Waals surface area contributed by atoms with Gasteiger partial charge in [-0.25, -0.2) is 4.99 Å². The van der Waals surface area contributed by atoms with E-state index in [-0.39, 0.29) is 6.10 Å². The van der Waals surface area contributed by atoms with Crippen LogP contribution in [0.4, 0.5) is 5.69 Å². The molecule has 0 spiro atoms. The molecule has 0 bridgehead atoms. The molecule has 1 aliphatic heterocycles. The molecule has 1 aliphatic rings. The molecule has 7 nitrogen and oxygen atoms in total. The minimum absolute atomic E-state index is 0.149. The predicted molar refractivity (Wildman–Crippen MR) is 128 cm³/mol. The molecule has 0 unspecified atom stereocenters. The van der Waals surface area contributed by atoms with E-state index in [9.17, 15) is 0 Å². The number of fused-ring (bicyclic) bond motifs is 1. The monoisotopic (exact) mass is 432 g/mol. The molecule has 3 aromatic rings. The van der Waals surface area contributed by atoms with E-state index in [1.165, 1.54) is 24.0 Å². The second kappa shape index (κ2) is 10.3. The van der Waals surface area contributed by atoms with Crippen LogP contribution in [0, 0.1) is 6.92 Å². The number of nitrogens with zero attached hydrogens (tertiary/aromatic N) is 4. The van der Waals surface area contributed by atoms with Crippen molar-refractivity contribution in [2.45, 2.75) is 65.8 Å². The van der Waals surface area contributed by atoms with Crippen LogP contribution in [0.2, 0.25) is 0 Å². The average Bonchev–Trinajstić information content (AvgIpc) is 3.20. The fourth-order valence-corrected chi connectivity index (χ4v) is 3.78. The van der Waals surface area contributed by atoms with E-state index in [4.69, 9.17) is 9.73 Å². The van der Waals surface area contributed by atoms with E-state index < -0.39 is 0 Å². The van der Waals surface area contributed by atoms with Crippen LogP contribution in [0.25, 0.3) is 0 Å². The van der Waals surface area contributed by atoms with Gasteiger partial charge >= 0.3 is 0 Å². The van der Waals surface area contributed by atoms with E-state index in [2.05, 4.69) is 50.5 Å². The predicted octanol–water partition coefficient (Wildman–Crippen LogP) is 4.47. The zero-order valence-electron chi connectivity index (χ0n) is 19.1. The van der Waals surface area contributed by atoms with Crippen LogP contribution in [-0.4, -0.2) is 26.8 Å². The summed E-state index contributed by atoms with van der Waals surface area (Å²) in [4.78, 5) is 4.84. The molecule has 4 rings (SSSR count). The van der Waals surface area contributed by atoms with Crippen molar-refractivity contribution in [2.24, 2.45) is 4.99 Å². The maximum Gasteiger partial charge on any atom is 0.196 e. The zero-order chi connectivity index (χ0) is 22.3. The van der Waals surface area contributed by atoms with Crippen molar-refractivity contribution in [2.75, 3.05) is 5.32 Å². The lowest BCUT2D eigenvalue weighted by molar-refractivity contribution is 0.242. The van der Waals surface area contributed by atoms with Crippen LogP contribution in [-0.2, 0) is 26.1 Å². The summed E-state index contributed by atoms with van der Waals surface area (Å²) < 4.78 is 7.98. The third-order valence-electron chi connectivity index (χ3n) is 5.51. The van der Waals surface area contributed by atoms with Crippen LogP contribution in [0.15, 0.2) is 53.5 Å². The van der Waals surface area contributed by atoms with Gasteiger partial charge in [-0.1, -0.05) is 24.3 Å². The SMILES string of the molecule is Cc1ccccc1CN=C(NCc1nnc2n1CCCC2)Nc1ccc(OC(C)C)cc1. The Bertz CT molecular complexity index is 1050. The Morgan fingerprint density at radius 2 is 1.91 bits per heavy atom. The van der Waals surface area contributed by atoms with Crippen LogP contribution >= 0.6 is 0 Å². The van der Waals surface area contributed by atoms with Crippen molar-refractivity contribution < 1.29 is 4.74 Å². The fraction of sp³-hybridized carbons (Fsp3) is 0.400. The molecule has 2 aromatic carbocycles. The first-order valence-electron chi connectivity index (χ1n) is 11.4. The second-order valence-electron chi connectivity index (χ2n) is 8.40. The molecule has 1 aromatic heterocycles. The largest absolute Gasteiger partial charge is 0.491 e. The number of rotatable bonds is 7. The van der Waals surface area contributed by atoms with Crippen molar-refractivity contribution in [3.63, 3.8) is 0 Å². The van der Waals surface area contributed by atoms with E-state index in [1.807, 2.05) is 44.2 Å². The van der Waals surface area contributed by atoms with Crippen molar-refractivity contribution in [1.29, 1.82) is 0 Å². The van der Waals surface area contributed by atoms with E-state index >= 15 is 0 Å².